The molecule has 1 unspecified atom stereocenters. The van der Waals surface area contributed by atoms with Gasteiger partial charge in [-0.3, -0.25) is 14.4 Å². The van der Waals surface area contributed by atoms with Gasteiger partial charge in [-0.15, -0.1) is 0 Å². The Morgan fingerprint density at radius 2 is 1.33 bits per heavy atom. The number of carbonyl (C=O) groups is 3. The Kier molecular flexibility index (Phi) is 7.24. The summed E-state index contributed by atoms with van der Waals surface area (Å²) in [6.45, 7) is 8.58. The topological polar surface area (TPSA) is 69.7 Å². The van der Waals surface area contributed by atoms with Crippen LogP contribution >= 0.6 is 0 Å². The third kappa shape index (κ3) is 4.47. The van der Waals surface area contributed by atoms with Crippen molar-refractivity contribution in [2.45, 2.75) is 34.6 Å². The van der Waals surface area contributed by atoms with Crippen molar-refractivity contribution in [3.63, 3.8) is 0 Å². The van der Waals surface area contributed by atoms with Crippen LogP contribution in [0.3, 0.4) is 0 Å². The summed E-state index contributed by atoms with van der Waals surface area (Å²) < 4.78 is 9.72. The summed E-state index contributed by atoms with van der Waals surface area (Å²) in [5, 5.41) is 0. The summed E-state index contributed by atoms with van der Waals surface area (Å²) >= 11 is 0. The van der Waals surface area contributed by atoms with Gasteiger partial charge >= 0.3 is 11.9 Å². The third-order valence-corrected chi connectivity index (χ3v) is 2.63. The lowest BCUT2D eigenvalue weighted by Crippen LogP contribution is -2.40. The molecular weight excluding hydrogens is 236 g/mol. The highest BCUT2D eigenvalue weighted by molar-refractivity contribution is 6.00. The number of rotatable bonds is 7. The van der Waals surface area contributed by atoms with Crippen LogP contribution in [0.5, 0.6) is 0 Å². The molecule has 0 aromatic carbocycles. The monoisotopic (exact) mass is 258 g/mol. The van der Waals surface area contributed by atoms with E-state index in [9.17, 15) is 14.4 Å². The molecule has 0 saturated carbocycles. The number of ketones is 1. The molecule has 104 valence electrons. The van der Waals surface area contributed by atoms with Crippen molar-refractivity contribution in [2.24, 2.45) is 17.8 Å². The standard InChI is InChI=1S/C13H22O5/c1-6-17-12(15)11(13(16)18-7-2)10(8(3)4)9(5)14/h8,10-11H,6-7H2,1-5H3. The normalized spacial score (nSPS) is 12.4. The van der Waals surface area contributed by atoms with E-state index in [-0.39, 0.29) is 24.9 Å². The lowest BCUT2D eigenvalue weighted by atomic mass is 9.80. The van der Waals surface area contributed by atoms with Crippen molar-refractivity contribution in [2.75, 3.05) is 13.2 Å². The summed E-state index contributed by atoms with van der Waals surface area (Å²) in [6.07, 6.45) is 0. The Bertz CT molecular complexity index is 291. The zero-order chi connectivity index (χ0) is 14.3. The van der Waals surface area contributed by atoms with E-state index in [1.54, 1.807) is 27.7 Å². The van der Waals surface area contributed by atoms with Crippen LogP contribution in [-0.2, 0) is 23.9 Å². The summed E-state index contributed by atoms with van der Waals surface area (Å²) in [5.41, 5.74) is 0. The summed E-state index contributed by atoms with van der Waals surface area (Å²) in [7, 11) is 0. The number of hydrogen-bond donors (Lipinski definition) is 0. The zero-order valence-corrected chi connectivity index (χ0v) is 11.7. The van der Waals surface area contributed by atoms with Gasteiger partial charge in [0.15, 0.2) is 5.92 Å². The third-order valence-electron chi connectivity index (χ3n) is 2.63. The largest absolute Gasteiger partial charge is 0.465 e. The van der Waals surface area contributed by atoms with E-state index in [1.807, 2.05) is 0 Å². The molecule has 0 aliphatic heterocycles. The Morgan fingerprint density at radius 1 is 0.944 bits per heavy atom. The first-order chi connectivity index (χ1) is 8.36. The molecule has 0 spiro atoms. The van der Waals surface area contributed by atoms with E-state index in [1.165, 1.54) is 6.92 Å². The first-order valence-electron chi connectivity index (χ1n) is 6.20. The van der Waals surface area contributed by atoms with Crippen LogP contribution in [0.2, 0.25) is 0 Å². The molecule has 0 rings (SSSR count). The van der Waals surface area contributed by atoms with Crippen molar-refractivity contribution in [1.29, 1.82) is 0 Å². The Hall–Kier alpha value is -1.39. The molecule has 0 fully saturated rings. The summed E-state index contributed by atoms with van der Waals surface area (Å²) in [5.74, 6) is -3.60. The van der Waals surface area contributed by atoms with E-state index in [0.717, 1.165) is 0 Å². The highest BCUT2D eigenvalue weighted by Gasteiger charge is 2.41. The van der Waals surface area contributed by atoms with Gasteiger partial charge in [0.05, 0.1) is 13.2 Å². The molecule has 0 aromatic rings. The van der Waals surface area contributed by atoms with Crippen LogP contribution in [0.4, 0.5) is 0 Å². The highest BCUT2D eigenvalue weighted by Crippen LogP contribution is 2.25. The lowest BCUT2D eigenvalue weighted by Gasteiger charge is -2.24. The van der Waals surface area contributed by atoms with E-state index >= 15 is 0 Å². The molecule has 0 radical (unpaired) electrons. The second-order valence-electron chi connectivity index (χ2n) is 4.36. The SMILES string of the molecule is CCOC(=O)C(C(=O)OCC)C(C(C)=O)C(C)C. The lowest BCUT2D eigenvalue weighted by molar-refractivity contribution is -0.167. The van der Waals surface area contributed by atoms with Crippen LogP contribution in [0.15, 0.2) is 0 Å². The molecule has 0 saturated heterocycles. The predicted molar refractivity (Wildman–Crippen MR) is 65.8 cm³/mol. The van der Waals surface area contributed by atoms with Gasteiger partial charge in [-0.25, -0.2) is 0 Å². The molecule has 0 aliphatic rings. The van der Waals surface area contributed by atoms with E-state index < -0.39 is 23.8 Å². The molecule has 0 N–H and O–H groups in total. The molecule has 0 aliphatic carbocycles. The van der Waals surface area contributed by atoms with Crippen molar-refractivity contribution in [3.05, 3.63) is 0 Å². The van der Waals surface area contributed by atoms with Crippen LogP contribution < -0.4 is 0 Å². The van der Waals surface area contributed by atoms with Crippen LogP contribution in [0, 0.1) is 17.8 Å². The maximum atomic E-state index is 11.8. The minimum absolute atomic E-state index is 0.138. The number of carbonyl (C=O) groups excluding carboxylic acids is 3. The minimum Gasteiger partial charge on any atom is -0.465 e. The zero-order valence-electron chi connectivity index (χ0n) is 11.7. The first-order valence-corrected chi connectivity index (χ1v) is 6.20. The van der Waals surface area contributed by atoms with Crippen molar-refractivity contribution < 1.29 is 23.9 Å². The minimum atomic E-state index is -1.16. The van der Waals surface area contributed by atoms with Gasteiger partial charge in [-0.1, -0.05) is 13.8 Å². The van der Waals surface area contributed by atoms with Gasteiger partial charge in [-0.05, 0) is 26.7 Å². The van der Waals surface area contributed by atoms with Crippen LogP contribution in [0.25, 0.3) is 0 Å². The van der Waals surface area contributed by atoms with Gasteiger partial charge in [-0.2, -0.15) is 0 Å². The first kappa shape index (κ1) is 16.6. The number of Topliss-reactive ketones (excluding diaryl/α,β-unsaturated/α-hetero) is 1. The van der Waals surface area contributed by atoms with Crippen LogP contribution in [-0.4, -0.2) is 30.9 Å². The number of ether oxygens (including phenoxy) is 2. The summed E-state index contributed by atoms with van der Waals surface area (Å²) in [4.78, 5) is 35.3. The Labute approximate surface area is 108 Å². The van der Waals surface area contributed by atoms with E-state index in [0.29, 0.717) is 0 Å². The number of hydrogen-bond acceptors (Lipinski definition) is 5. The van der Waals surface area contributed by atoms with Crippen LogP contribution in [0.1, 0.15) is 34.6 Å². The molecule has 0 bridgehead atoms. The predicted octanol–water partition coefficient (Wildman–Crippen LogP) is 1.59. The maximum Gasteiger partial charge on any atom is 0.321 e. The van der Waals surface area contributed by atoms with Gasteiger partial charge in [0, 0.05) is 5.92 Å². The van der Waals surface area contributed by atoms with Gasteiger partial charge in [0.25, 0.3) is 0 Å². The molecule has 1 atom stereocenters. The average Bonchev–Trinajstić information content (AvgIpc) is 2.24. The molecule has 0 aromatic heterocycles. The molecule has 5 nitrogen and oxygen atoms in total. The highest BCUT2D eigenvalue weighted by atomic mass is 16.6. The molecular formula is C13H22O5. The van der Waals surface area contributed by atoms with Gasteiger partial charge in [0.1, 0.15) is 5.78 Å². The second kappa shape index (κ2) is 7.84. The molecule has 5 heteroatoms. The van der Waals surface area contributed by atoms with Gasteiger partial charge < -0.3 is 9.47 Å². The molecule has 18 heavy (non-hydrogen) atoms. The smallest absolute Gasteiger partial charge is 0.321 e. The second-order valence-corrected chi connectivity index (χ2v) is 4.36. The fourth-order valence-corrected chi connectivity index (χ4v) is 1.94. The Balaban J connectivity index is 5.22. The fraction of sp³-hybridized carbons (Fsp3) is 0.769. The number of esters is 2. The summed E-state index contributed by atoms with van der Waals surface area (Å²) in [6, 6.07) is 0. The molecule has 0 amide bonds. The van der Waals surface area contributed by atoms with Crippen molar-refractivity contribution >= 4 is 17.7 Å². The maximum absolute atomic E-state index is 11.8. The van der Waals surface area contributed by atoms with Crippen molar-refractivity contribution in [1.82, 2.24) is 0 Å². The molecule has 0 heterocycles. The van der Waals surface area contributed by atoms with E-state index in [4.69, 9.17) is 9.47 Å². The average molecular weight is 258 g/mol. The Morgan fingerprint density at radius 3 is 1.56 bits per heavy atom. The van der Waals surface area contributed by atoms with Crippen molar-refractivity contribution in [3.8, 4) is 0 Å². The van der Waals surface area contributed by atoms with Gasteiger partial charge in [0.2, 0.25) is 0 Å². The quantitative estimate of drug-likeness (QED) is 0.512. The van der Waals surface area contributed by atoms with E-state index in [2.05, 4.69) is 0 Å². The fourth-order valence-electron chi connectivity index (χ4n) is 1.94.